The van der Waals surface area contributed by atoms with Gasteiger partial charge in [-0.25, -0.2) is 0 Å². The van der Waals surface area contributed by atoms with E-state index in [9.17, 15) is 4.39 Å². The van der Waals surface area contributed by atoms with Crippen LogP contribution in [0.1, 0.15) is 12.0 Å². The number of benzene rings is 1. The van der Waals surface area contributed by atoms with Crippen LogP contribution in [-0.2, 0) is 5.88 Å². The van der Waals surface area contributed by atoms with E-state index < -0.39 is 0 Å². The Morgan fingerprint density at radius 3 is 2.80 bits per heavy atom. The Bertz CT molecular complexity index is 282. The van der Waals surface area contributed by atoms with Crippen LogP contribution < -0.4 is 9.47 Å². The lowest BCUT2D eigenvalue weighted by atomic mass is 10.2. The van der Waals surface area contributed by atoms with E-state index >= 15 is 0 Å². The molecule has 1 rings (SSSR count). The van der Waals surface area contributed by atoms with Gasteiger partial charge in [-0.1, -0.05) is 12.1 Å². The second-order valence-corrected chi connectivity index (χ2v) is 3.24. The van der Waals surface area contributed by atoms with Crippen LogP contribution in [0, 0.1) is 0 Å². The van der Waals surface area contributed by atoms with Gasteiger partial charge in [-0.05, 0) is 6.07 Å². The zero-order chi connectivity index (χ0) is 11.1. The van der Waals surface area contributed by atoms with Crippen LogP contribution in [0.4, 0.5) is 4.39 Å². The molecule has 0 N–H and O–H groups in total. The van der Waals surface area contributed by atoms with Crippen LogP contribution in [0.2, 0.25) is 0 Å². The van der Waals surface area contributed by atoms with Gasteiger partial charge in [0.25, 0.3) is 0 Å². The molecule has 15 heavy (non-hydrogen) atoms. The smallest absolute Gasteiger partial charge is 0.165 e. The highest BCUT2D eigenvalue weighted by Gasteiger charge is 2.09. The van der Waals surface area contributed by atoms with Gasteiger partial charge in [0.2, 0.25) is 0 Å². The number of ether oxygens (including phenoxy) is 2. The number of hydrogen-bond donors (Lipinski definition) is 0. The van der Waals surface area contributed by atoms with E-state index in [0.29, 0.717) is 30.4 Å². The zero-order valence-electron chi connectivity index (χ0n) is 8.63. The average Bonchev–Trinajstić information content (AvgIpc) is 2.29. The predicted octanol–water partition coefficient (Wildman–Crippen LogP) is 3.17. The number of para-hydroxylation sites is 1. The lowest BCUT2D eigenvalue weighted by Crippen LogP contribution is -2.02. The molecule has 2 nitrogen and oxygen atoms in total. The second-order valence-electron chi connectivity index (χ2n) is 2.97. The van der Waals surface area contributed by atoms with Crippen LogP contribution in [0.25, 0.3) is 0 Å². The molecule has 1 aromatic rings. The summed E-state index contributed by atoms with van der Waals surface area (Å²) in [6.07, 6.45) is 0.375. The normalized spacial score (nSPS) is 10.1. The Labute approximate surface area is 94.0 Å². The Kier molecular flexibility index (Phi) is 5.26. The highest BCUT2D eigenvalue weighted by Crippen LogP contribution is 2.32. The van der Waals surface area contributed by atoms with Gasteiger partial charge in [-0.3, -0.25) is 4.39 Å². The predicted molar refractivity (Wildman–Crippen MR) is 58.6 cm³/mol. The SMILES string of the molecule is COc1cccc(CCl)c1OCCCF. The van der Waals surface area contributed by atoms with Crippen LogP contribution in [0.3, 0.4) is 0 Å². The molecule has 0 fully saturated rings. The van der Waals surface area contributed by atoms with Crippen molar-refractivity contribution in [3.8, 4) is 11.5 Å². The first-order valence-corrected chi connectivity index (χ1v) is 5.27. The molecule has 84 valence electrons. The van der Waals surface area contributed by atoms with Crippen LogP contribution in [-0.4, -0.2) is 20.4 Å². The molecule has 0 spiro atoms. The summed E-state index contributed by atoms with van der Waals surface area (Å²) in [5.74, 6) is 1.60. The number of halogens is 2. The highest BCUT2D eigenvalue weighted by molar-refractivity contribution is 6.17. The summed E-state index contributed by atoms with van der Waals surface area (Å²) in [6, 6.07) is 5.50. The lowest BCUT2D eigenvalue weighted by Gasteiger charge is -2.13. The Morgan fingerprint density at radius 1 is 1.40 bits per heavy atom. The molecule has 0 aliphatic heterocycles. The molecule has 0 amide bonds. The first-order valence-electron chi connectivity index (χ1n) is 4.74. The van der Waals surface area contributed by atoms with Crippen molar-refractivity contribution in [2.24, 2.45) is 0 Å². The standard InChI is InChI=1S/C11H14ClFO2/c1-14-10-5-2-4-9(8-12)11(10)15-7-3-6-13/h2,4-5H,3,6-8H2,1H3. The monoisotopic (exact) mass is 232 g/mol. The van der Waals surface area contributed by atoms with Crippen LogP contribution in [0.15, 0.2) is 18.2 Å². The Morgan fingerprint density at radius 2 is 2.20 bits per heavy atom. The fourth-order valence-corrected chi connectivity index (χ4v) is 1.43. The molecule has 0 unspecified atom stereocenters. The number of rotatable bonds is 6. The Balaban J connectivity index is 2.80. The van der Waals surface area contributed by atoms with Crippen molar-refractivity contribution in [1.29, 1.82) is 0 Å². The van der Waals surface area contributed by atoms with Gasteiger partial charge in [0.15, 0.2) is 11.5 Å². The summed E-state index contributed by atoms with van der Waals surface area (Å²) in [6.45, 7) is -0.0495. The third-order valence-corrected chi connectivity index (χ3v) is 2.24. The number of methoxy groups -OCH3 is 1. The maximum Gasteiger partial charge on any atom is 0.165 e. The van der Waals surface area contributed by atoms with Crippen molar-refractivity contribution in [2.75, 3.05) is 20.4 Å². The maximum absolute atomic E-state index is 11.9. The highest BCUT2D eigenvalue weighted by atomic mass is 35.5. The average molecular weight is 233 g/mol. The minimum Gasteiger partial charge on any atom is -0.493 e. The molecule has 0 aliphatic rings. The molecule has 0 heterocycles. The van der Waals surface area contributed by atoms with E-state index in [-0.39, 0.29) is 6.67 Å². The summed E-state index contributed by atoms with van der Waals surface area (Å²) in [5.41, 5.74) is 0.856. The van der Waals surface area contributed by atoms with Crippen molar-refractivity contribution < 1.29 is 13.9 Å². The van der Waals surface area contributed by atoms with E-state index in [2.05, 4.69) is 0 Å². The van der Waals surface area contributed by atoms with Gasteiger partial charge in [0, 0.05) is 12.0 Å². The minimum atomic E-state index is -0.384. The lowest BCUT2D eigenvalue weighted by molar-refractivity contribution is 0.272. The molecule has 0 atom stereocenters. The summed E-state index contributed by atoms with van der Waals surface area (Å²) >= 11 is 5.76. The summed E-state index contributed by atoms with van der Waals surface area (Å²) < 4.78 is 22.5. The topological polar surface area (TPSA) is 18.5 Å². The van der Waals surface area contributed by atoms with Crippen molar-refractivity contribution >= 4 is 11.6 Å². The van der Waals surface area contributed by atoms with Crippen molar-refractivity contribution in [3.05, 3.63) is 23.8 Å². The van der Waals surface area contributed by atoms with Crippen LogP contribution >= 0.6 is 11.6 Å². The fourth-order valence-electron chi connectivity index (χ4n) is 1.22. The minimum absolute atomic E-state index is 0.334. The van der Waals surface area contributed by atoms with E-state index in [1.54, 1.807) is 13.2 Å². The van der Waals surface area contributed by atoms with Gasteiger partial charge in [0.1, 0.15) is 0 Å². The fraction of sp³-hybridized carbons (Fsp3) is 0.455. The van der Waals surface area contributed by atoms with E-state index in [1.165, 1.54) is 0 Å². The molecule has 0 radical (unpaired) electrons. The first kappa shape index (κ1) is 12.1. The van der Waals surface area contributed by atoms with Crippen molar-refractivity contribution in [3.63, 3.8) is 0 Å². The number of hydrogen-bond acceptors (Lipinski definition) is 2. The quantitative estimate of drug-likeness (QED) is 0.554. The molecule has 0 bridgehead atoms. The molecule has 4 heteroatoms. The second kappa shape index (κ2) is 6.51. The Hall–Kier alpha value is -0.960. The largest absolute Gasteiger partial charge is 0.493 e. The summed E-state index contributed by atoms with van der Waals surface area (Å²) in [7, 11) is 1.56. The van der Waals surface area contributed by atoms with E-state index in [1.807, 2.05) is 12.1 Å². The molecular formula is C11H14ClFO2. The third kappa shape index (κ3) is 3.27. The zero-order valence-corrected chi connectivity index (χ0v) is 9.39. The molecule has 1 aromatic carbocycles. The molecule has 0 aromatic heterocycles. The molecule has 0 saturated heterocycles. The van der Waals surface area contributed by atoms with Crippen molar-refractivity contribution in [1.82, 2.24) is 0 Å². The van der Waals surface area contributed by atoms with Gasteiger partial charge in [-0.2, -0.15) is 0 Å². The van der Waals surface area contributed by atoms with Gasteiger partial charge >= 0.3 is 0 Å². The van der Waals surface area contributed by atoms with E-state index in [4.69, 9.17) is 21.1 Å². The van der Waals surface area contributed by atoms with Crippen molar-refractivity contribution in [2.45, 2.75) is 12.3 Å². The molecule has 0 saturated carbocycles. The summed E-state index contributed by atoms with van der Waals surface area (Å²) in [5, 5.41) is 0. The molecular weight excluding hydrogens is 219 g/mol. The summed E-state index contributed by atoms with van der Waals surface area (Å²) in [4.78, 5) is 0. The van der Waals surface area contributed by atoms with E-state index in [0.717, 1.165) is 5.56 Å². The third-order valence-electron chi connectivity index (χ3n) is 1.95. The van der Waals surface area contributed by atoms with Gasteiger partial charge in [-0.15, -0.1) is 11.6 Å². The number of alkyl halides is 2. The van der Waals surface area contributed by atoms with Gasteiger partial charge < -0.3 is 9.47 Å². The maximum atomic E-state index is 11.9. The first-order chi connectivity index (χ1) is 7.33. The van der Waals surface area contributed by atoms with Crippen LogP contribution in [0.5, 0.6) is 11.5 Å². The molecule has 0 aliphatic carbocycles. The van der Waals surface area contributed by atoms with Gasteiger partial charge in [0.05, 0.1) is 26.3 Å².